The first kappa shape index (κ1) is 74.0. The second-order valence-electron chi connectivity index (χ2n) is 18.4. The zero-order valence-corrected chi connectivity index (χ0v) is 47.4. The van der Waals surface area contributed by atoms with Crippen LogP contribution >= 0.6 is 7.82 Å². The lowest BCUT2D eigenvalue weighted by molar-refractivity contribution is -0.228. The van der Waals surface area contributed by atoms with Crippen LogP contribution in [0.3, 0.4) is 0 Å². The zero-order chi connectivity index (χ0) is 53.0. The van der Waals surface area contributed by atoms with Crippen molar-refractivity contribution in [2.45, 2.75) is 259 Å². The van der Waals surface area contributed by atoms with Crippen LogP contribution in [0.5, 0.6) is 0 Å². The summed E-state index contributed by atoms with van der Waals surface area (Å²) in [6.07, 6.45) is 38.8. The lowest BCUT2D eigenvalue weighted by Gasteiger charge is -2.26. The minimum Gasteiger partial charge on any atom is -0.756 e. The third kappa shape index (κ3) is 64.8. The third-order valence-corrected chi connectivity index (χ3v) is 12.5. The van der Waals surface area contributed by atoms with Crippen LogP contribution in [0, 0.1) is 0 Å². The molecule has 0 saturated carbocycles. The molecule has 16 heteroatoms. The second kappa shape index (κ2) is 63.1. The molecule has 0 amide bonds. The number of unbranched alkanes of at least 4 members (excludes halogenated alkanes) is 26. The smallest absolute Gasteiger partial charge is 0.305 e. The van der Waals surface area contributed by atoms with Crippen molar-refractivity contribution in [1.29, 1.82) is 0 Å². The van der Waals surface area contributed by atoms with Crippen molar-refractivity contribution < 1.29 is 61.6 Å². The van der Waals surface area contributed by atoms with Gasteiger partial charge in [-0.15, -0.1) is 6.54 Å². The van der Waals surface area contributed by atoms with Gasteiger partial charge >= 0.3 is 11.9 Å². The Morgan fingerprint density at radius 1 is 0.479 bits per heavy atom. The van der Waals surface area contributed by atoms with Gasteiger partial charge in [0.05, 0.1) is 39.6 Å². The summed E-state index contributed by atoms with van der Waals surface area (Å²) in [5.41, 5.74) is 12.0. The summed E-state index contributed by atoms with van der Waals surface area (Å²) in [4.78, 5) is 34.4. The van der Waals surface area contributed by atoms with E-state index in [0.29, 0.717) is 52.3 Å². The van der Waals surface area contributed by atoms with Crippen LogP contribution in [-0.4, -0.2) is 115 Å². The van der Waals surface area contributed by atoms with Gasteiger partial charge in [-0.3, -0.25) is 14.2 Å². The van der Waals surface area contributed by atoms with E-state index in [0.717, 1.165) is 38.8 Å². The van der Waals surface area contributed by atoms with E-state index in [1.807, 2.05) is 0 Å². The third-order valence-electron chi connectivity index (χ3n) is 11.5. The van der Waals surface area contributed by atoms with Crippen LogP contribution in [0.2, 0.25) is 0 Å². The molecule has 0 bridgehead atoms. The molecule has 3 unspecified atom stereocenters. The maximum atomic E-state index is 11.8. The van der Waals surface area contributed by atoms with E-state index in [2.05, 4.69) is 25.3 Å². The fourth-order valence-electron chi connectivity index (χ4n) is 7.29. The molecule has 0 saturated heterocycles. The molecule has 0 heterocycles. The van der Waals surface area contributed by atoms with Gasteiger partial charge < -0.3 is 58.9 Å². The van der Waals surface area contributed by atoms with E-state index in [1.54, 1.807) is 13.8 Å². The van der Waals surface area contributed by atoms with Crippen LogP contribution in [-0.2, 0) is 51.6 Å². The number of aliphatic hydroxyl groups excluding tert-OH is 1. The molecule has 0 aliphatic heterocycles. The molecule has 4 N–H and O–H groups in total. The first-order valence-corrected chi connectivity index (χ1v) is 30.3. The number of esters is 2. The molecule has 428 valence electrons. The first-order chi connectivity index (χ1) is 34.6. The average Bonchev–Trinajstić information content (AvgIpc) is 3.36. The van der Waals surface area contributed by atoms with Crippen molar-refractivity contribution in [2.24, 2.45) is 5.73 Å². The van der Waals surface area contributed by atoms with Gasteiger partial charge in [0.2, 0.25) is 0 Å². The molecule has 0 aliphatic rings. The Hall–Kier alpha value is -1.23. The minimum atomic E-state index is -4.48. The van der Waals surface area contributed by atoms with Crippen LogP contribution < -0.4 is 10.6 Å². The maximum absolute atomic E-state index is 11.8. The van der Waals surface area contributed by atoms with Gasteiger partial charge in [-0.2, -0.15) is 0 Å². The lowest BCUT2D eigenvalue weighted by Crippen LogP contribution is -2.27. The maximum Gasteiger partial charge on any atom is 0.305 e. The number of carbonyl (C=O) groups excluding carboxylic acids is 2. The molecule has 0 aromatic rings. The Morgan fingerprint density at radius 3 is 1.14 bits per heavy atom. The fraction of sp³-hybridized carbons (Fsp3) is 0.964. The molecule has 0 spiro atoms. The van der Waals surface area contributed by atoms with E-state index in [9.17, 15) is 24.2 Å². The Bertz CT molecular complexity index is 1100. The van der Waals surface area contributed by atoms with Crippen LogP contribution in [0.4, 0.5) is 0 Å². The number of ether oxygens (including phenoxy) is 6. The number of aliphatic hydroxyl groups is 1. The molecule has 15 nitrogen and oxygen atoms in total. The SMILES string of the molecule is CCCCCCCCCCCCCCCCOCC(CO)OCCCC(=O)OCC.CCCCCCCCCCCCCCCCOCC(COP(=O)([O-])OCC[NH-])OCCCC(=O)OCC.CCCN. The summed E-state index contributed by atoms with van der Waals surface area (Å²) in [5, 5.41) is 9.35. The normalized spacial score (nSPS) is 12.9. The second-order valence-corrected chi connectivity index (χ2v) is 19.9. The quantitative estimate of drug-likeness (QED) is 0.0329. The summed E-state index contributed by atoms with van der Waals surface area (Å²) in [7, 11) is -4.48. The number of carbonyl (C=O) groups is 2. The van der Waals surface area contributed by atoms with Gasteiger partial charge in [0.15, 0.2) is 0 Å². The highest BCUT2D eigenvalue weighted by Crippen LogP contribution is 2.38. The average molecular weight is 1040 g/mol. The molecule has 0 aromatic carbocycles. The molecule has 0 aliphatic carbocycles. The number of rotatable bonds is 54. The van der Waals surface area contributed by atoms with Crippen LogP contribution in [0.15, 0.2) is 0 Å². The van der Waals surface area contributed by atoms with Crippen molar-refractivity contribution in [3.63, 3.8) is 0 Å². The fourth-order valence-corrected chi connectivity index (χ4v) is 8.03. The predicted molar refractivity (Wildman–Crippen MR) is 289 cm³/mol. The van der Waals surface area contributed by atoms with Crippen molar-refractivity contribution in [3.05, 3.63) is 5.73 Å². The van der Waals surface area contributed by atoms with Gasteiger partial charge in [0.25, 0.3) is 7.82 Å². The molecule has 0 radical (unpaired) electrons. The zero-order valence-electron chi connectivity index (χ0n) is 46.6. The van der Waals surface area contributed by atoms with Crippen molar-refractivity contribution in [3.8, 4) is 0 Å². The standard InChI is InChI=1S/C27H55NO8P.C25H50O5.C3H9N/c1-3-5-6-7-8-9-10-11-12-13-14-15-16-17-21-32-24-26(25-36-37(30,31)35-23-20-28)34-22-18-19-27(29)33-4-2;1-3-5-6-7-8-9-10-11-12-13-14-15-16-17-20-28-23-24(22-26)30-21-18-19-25(27)29-4-2;1-2-3-4/h26,28H,3-25H2,1-2H3,(H,30,31);24,26H,3-23H2,1-2H3;2-4H2,1H3/q-1;;/p-1. The number of hydrogen-bond donors (Lipinski definition) is 2. The van der Waals surface area contributed by atoms with E-state index in [-0.39, 0.29) is 64.0 Å². The predicted octanol–water partition coefficient (Wildman–Crippen LogP) is 13.3. The highest BCUT2D eigenvalue weighted by Gasteiger charge is 2.16. The Morgan fingerprint density at radius 2 is 0.817 bits per heavy atom. The summed E-state index contributed by atoms with van der Waals surface area (Å²) in [6, 6.07) is 0. The minimum absolute atomic E-state index is 0.0574. The van der Waals surface area contributed by atoms with Gasteiger partial charge in [0, 0.05) is 45.9 Å². The van der Waals surface area contributed by atoms with Crippen molar-refractivity contribution in [2.75, 3.05) is 85.8 Å². The van der Waals surface area contributed by atoms with E-state index >= 15 is 0 Å². The van der Waals surface area contributed by atoms with Gasteiger partial charge in [-0.05, 0) is 52.5 Å². The summed E-state index contributed by atoms with van der Waals surface area (Å²) in [6.45, 7) is 13.6. The van der Waals surface area contributed by atoms with Gasteiger partial charge in [0.1, 0.15) is 12.2 Å². The summed E-state index contributed by atoms with van der Waals surface area (Å²) < 4.78 is 53.6. The van der Waals surface area contributed by atoms with Gasteiger partial charge in [-0.1, -0.05) is 188 Å². The summed E-state index contributed by atoms with van der Waals surface area (Å²) >= 11 is 0. The van der Waals surface area contributed by atoms with Crippen molar-refractivity contribution >= 4 is 19.8 Å². The lowest BCUT2D eigenvalue weighted by atomic mass is 10.0. The number of phosphoric ester groups is 1. The van der Waals surface area contributed by atoms with E-state index in [1.165, 1.54) is 161 Å². The topological polar surface area (TPSA) is 218 Å². The highest BCUT2D eigenvalue weighted by molar-refractivity contribution is 7.45. The van der Waals surface area contributed by atoms with Crippen LogP contribution in [0.25, 0.3) is 5.73 Å². The van der Waals surface area contributed by atoms with Gasteiger partial charge in [-0.25, -0.2) is 0 Å². The summed E-state index contributed by atoms with van der Waals surface area (Å²) in [5.74, 6) is -0.489. The number of nitrogens with one attached hydrogen (secondary N) is 1. The van der Waals surface area contributed by atoms with Crippen molar-refractivity contribution in [1.82, 2.24) is 0 Å². The number of nitrogens with two attached hydrogens (primary N) is 1. The molecular formula is C55H113N2O13P-2. The molecule has 0 rings (SSSR count). The number of phosphoric acid groups is 1. The van der Waals surface area contributed by atoms with Crippen LogP contribution in [0.1, 0.15) is 247 Å². The Labute approximate surface area is 436 Å². The Balaban J connectivity index is -0.00000123. The van der Waals surface area contributed by atoms with E-state index < -0.39 is 13.9 Å². The molecule has 71 heavy (non-hydrogen) atoms. The molecular weight excluding hydrogens is 928 g/mol. The molecule has 0 aromatic heterocycles. The Kier molecular flexibility index (Phi) is 65.7. The number of hydrogen-bond acceptors (Lipinski definition) is 14. The molecule has 3 atom stereocenters. The van der Waals surface area contributed by atoms with E-state index in [4.69, 9.17) is 44.4 Å². The molecule has 0 fully saturated rings. The largest absolute Gasteiger partial charge is 0.756 e. The first-order valence-electron chi connectivity index (χ1n) is 28.9. The monoisotopic (exact) mass is 1040 g/mol. The highest BCUT2D eigenvalue weighted by atomic mass is 31.2.